The van der Waals surface area contributed by atoms with E-state index in [1.165, 1.54) is 76.5 Å². The average molecular weight is 895 g/mol. The first kappa shape index (κ1) is 36.1. The van der Waals surface area contributed by atoms with Crippen LogP contribution in [0.4, 0.5) is 0 Å². The highest BCUT2D eigenvalue weighted by atomic mass is 79.9. The number of benzene rings is 6. The predicted octanol–water partition coefficient (Wildman–Crippen LogP) is 13.9. The molecule has 56 heavy (non-hydrogen) atoms. The molecule has 1 N–H and O–H groups in total. The first-order valence-corrected chi connectivity index (χ1v) is 22.0. The summed E-state index contributed by atoms with van der Waals surface area (Å²) in [4.78, 5) is 2.38. The van der Waals surface area contributed by atoms with Gasteiger partial charge in [-0.15, -0.1) is 22.7 Å². The van der Waals surface area contributed by atoms with Gasteiger partial charge < -0.3 is 9.84 Å². The highest BCUT2D eigenvalue weighted by Crippen LogP contribution is 2.67. The van der Waals surface area contributed by atoms with Crippen molar-refractivity contribution in [3.8, 4) is 26.6 Å². The van der Waals surface area contributed by atoms with Crippen LogP contribution in [0.25, 0.3) is 31.7 Å². The maximum absolute atomic E-state index is 11.6. The fraction of sp³-hybridized carbons (Fsp3) is 0.160. The number of thiophene rings is 2. The first-order chi connectivity index (χ1) is 27.1. The van der Waals surface area contributed by atoms with Crippen molar-refractivity contribution in [3.63, 3.8) is 0 Å². The molecule has 0 aliphatic heterocycles. The normalized spacial score (nSPS) is 14.4. The van der Waals surface area contributed by atoms with Crippen molar-refractivity contribution in [2.75, 3.05) is 7.11 Å². The van der Waals surface area contributed by atoms with Crippen molar-refractivity contribution in [1.82, 2.24) is 0 Å². The zero-order valence-corrected chi connectivity index (χ0v) is 36.5. The Morgan fingerprint density at radius 3 is 1.25 bits per heavy atom. The Kier molecular flexibility index (Phi) is 8.45. The number of aryl methyl sites for hydroxylation is 4. The zero-order chi connectivity index (χ0) is 38.7. The molecule has 0 fully saturated rings. The van der Waals surface area contributed by atoms with Crippen LogP contribution in [0.5, 0.6) is 5.75 Å². The second-order valence-corrected chi connectivity index (χ2v) is 20.3. The van der Waals surface area contributed by atoms with Gasteiger partial charge in [0.05, 0.1) is 32.1 Å². The molecule has 0 saturated carbocycles. The summed E-state index contributed by atoms with van der Waals surface area (Å²) in [6.07, 6.45) is 0. The minimum atomic E-state index is -0.680. The standard InChI is InChI=1S/C50H38Br2O2S2/c1-27-6-14-32(15-7-27)49(33-16-8-28(2)9-17-33)38-24-41(51)55-47(38)43-31(26-53)22-36-37(45(43)49)23-40(54-5)44-46(36)50(34-18-10-29(3)11-19-34,35-20-12-30(4)13-21-35)39-25-42(52)56-48(39)44/h6-25,53H,26H2,1-5H3. The average Bonchev–Trinajstić information content (AvgIpc) is 3.92. The lowest BCUT2D eigenvalue weighted by Gasteiger charge is -2.37. The first-order valence-electron chi connectivity index (χ1n) is 18.8. The van der Waals surface area contributed by atoms with E-state index in [1.54, 1.807) is 22.7 Å². The summed E-state index contributed by atoms with van der Waals surface area (Å²) in [5.74, 6) is 0.848. The van der Waals surface area contributed by atoms with Crippen molar-refractivity contribution < 1.29 is 9.84 Å². The van der Waals surface area contributed by atoms with E-state index < -0.39 is 10.8 Å². The van der Waals surface area contributed by atoms with Crippen molar-refractivity contribution in [2.24, 2.45) is 0 Å². The van der Waals surface area contributed by atoms with Gasteiger partial charge in [-0.05, 0) is 145 Å². The third-order valence-corrected chi connectivity index (χ3v) is 15.5. The molecule has 276 valence electrons. The number of hydrogen-bond donors (Lipinski definition) is 1. The van der Waals surface area contributed by atoms with E-state index in [-0.39, 0.29) is 6.61 Å². The van der Waals surface area contributed by atoms with Crippen LogP contribution in [0.1, 0.15) is 72.3 Å². The maximum Gasteiger partial charge on any atom is 0.128 e. The summed E-state index contributed by atoms with van der Waals surface area (Å²) in [6, 6.07) is 45.6. The van der Waals surface area contributed by atoms with Gasteiger partial charge in [-0.1, -0.05) is 119 Å². The second kappa shape index (κ2) is 13.1. The smallest absolute Gasteiger partial charge is 0.128 e. The topological polar surface area (TPSA) is 29.5 Å². The van der Waals surface area contributed by atoms with Gasteiger partial charge in [0.15, 0.2) is 0 Å². The third kappa shape index (κ3) is 4.86. The van der Waals surface area contributed by atoms with E-state index in [4.69, 9.17) is 4.74 Å². The van der Waals surface area contributed by atoms with Gasteiger partial charge >= 0.3 is 0 Å². The van der Waals surface area contributed by atoms with Crippen LogP contribution < -0.4 is 4.74 Å². The van der Waals surface area contributed by atoms with Crippen molar-refractivity contribution in [1.29, 1.82) is 0 Å². The molecular weight excluding hydrogens is 856 g/mol. The molecule has 6 heteroatoms. The molecule has 2 aliphatic carbocycles. The van der Waals surface area contributed by atoms with E-state index in [9.17, 15) is 5.11 Å². The largest absolute Gasteiger partial charge is 0.496 e. The number of rotatable bonds is 6. The molecule has 2 aliphatic rings. The van der Waals surface area contributed by atoms with Gasteiger partial charge in [-0.2, -0.15) is 0 Å². The number of methoxy groups -OCH3 is 1. The van der Waals surface area contributed by atoms with Crippen LogP contribution in [0, 0.1) is 27.7 Å². The Bertz CT molecular complexity index is 2570. The molecule has 2 heterocycles. The number of ether oxygens (including phenoxy) is 1. The van der Waals surface area contributed by atoms with Crippen molar-refractivity contribution in [3.05, 3.63) is 201 Å². The number of fused-ring (bicyclic) bond motifs is 9. The van der Waals surface area contributed by atoms with Gasteiger partial charge in [-0.25, -0.2) is 0 Å². The molecule has 6 aromatic carbocycles. The van der Waals surface area contributed by atoms with Crippen molar-refractivity contribution >= 4 is 65.3 Å². The molecule has 0 spiro atoms. The highest BCUT2D eigenvalue weighted by Gasteiger charge is 2.53. The van der Waals surface area contributed by atoms with Gasteiger partial charge in [0, 0.05) is 20.9 Å². The summed E-state index contributed by atoms with van der Waals surface area (Å²) in [5.41, 5.74) is 16.3. The Hall–Kier alpha value is -4.30. The molecule has 0 amide bonds. The quantitative estimate of drug-likeness (QED) is 0.180. The number of halogens is 2. The van der Waals surface area contributed by atoms with Gasteiger partial charge in [-0.3, -0.25) is 0 Å². The summed E-state index contributed by atoms with van der Waals surface area (Å²) in [7, 11) is 1.81. The molecule has 0 atom stereocenters. The molecule has 2 aromatic heterocycles. The number of aliphatic hydroxyl groups excluding tert-OH is 1. The molecule has 2 nitrogen and oxygen atoms in total. The lowest BCUT2D eigenvalue weighted by molar-refractivity contribution is 0.282. The van der Waals surface area contributed by atoms with E-state index in [0.717, 1.165) is 40.8 Å². The number of aliphatic hydroxyl groups is 1. The predicted molar refractivity (Wildman–Crippen MR) is 241 cm³/mol. The van der Waals surface area contributed by atoms with Crippen LogP contribution in [-0.4, -0.2) is 12.2 Å². The minimum absolute atomic E-state index is 0.0959. The second-order valence-electron chi connectivity index (χ2n) is 15.4. The Balaban J connectivity index is 1.46. The Morgan fingerprint density at radius 2 is 0.875 bits per heavy atom. The lowest BCUT2D eigenvalue weighted by atomic mass is 9.64. The van der Waals surface area contributed by atoms with Gasteiger partial charge in [0.1, 0.15) is 5.75 Å². The van der Waals surface area contributed by atoms with E-state index >= 15 is 0 Å². The Morgan fingerprint density at radius 1 is 0.518 bits per heavy atom. The molecule has 0 saturated heterocycles. The minimum Gasteiger partial charge on any atom is -0.496 e. The monoisotopic (exact) mass is 892 g/mol. The zero-order valence-electron chi connectivity index (χ0n) is 31.7. The Labute approximate surface area is 352 Å². The van der Waals surface area contributed by atoms with Gasteiger partial charge in [0.25, 0.3) is 0 Å². The molecule has 0 radical (unpaired) electrons. The van der Waals surface area contributed by atoms with Crippen LogP contribution in [0.15, 0.2) is 129 Å². The summed E-state index contributed by atoms with van der Waals surface area (Å²) in [5, 5.41) is 13.8. The highest BCUT2D eigenvalue weighted by molar-refractivity contribution is 9.11. The molecular formula is C50H38Br2O2S2. The molecule has 10 rings (SSSR count). The van der Waals surface area contributed by atoms with Crippen LogP contribution in [-0.2, 0) is 17.4 Å². The van der Waals surface area contributed by atoms with E-state index in [2.05, 4.69) is 181 Å². The molecule has 0 unspecified atom stereocenters. The van der Waals surface area contributed by atoms with E-state index in [1.807, 2.05) is 7.11 Å². The molecule has 0 bridgehead atoms. The van der Waals surface area contributed by atoms with Crippen LogP contribution in [0.2, 0.25) is 0 Å². The lowest BCUT2D eigenvalue weighted by Crippen LogP contribution is -2.30. The fourth-order valence-corrected chi connectivity index (χ4v) is 13.2. The molecule has 8 aromatic rings. The van der Waals surface area contributed by atoms with Gasteiger partial charge in [0.2, 0.25) is 0 Å². The summed E-state index contributed by atoms with van der Waals surface area (Å²) < 4.78 is 8.73. The van der Waals surface area contributed by atoms with Crippen LogP contribution in [0.3, 0.4) is 0 Å². The van der Waals surface area contributed by atoms with Crippen LogP contribution >= 0.6 is 54.5 Å². The SMILES string of the molecule is COc1cc2c3c(c(CO)cc2c2c1-c1sc(Br)cc1C2(c1ccc(C)cc1)c1ccc(C)cc1)-c1sc(Br)cc1C3(c1ccc(C)cc1)c1ccc(C)cc1. The fourth-order valence-electron chi connectivity index (χ4n) is 9.79. The third-order valence-electron chi connectivity index (χ3n) is 12.2. The summed E-state index contributed by atoms with van der Waals surface area (Å²) >= 11 is 11.4. The maximum atomic E-state index is 11.6. The number of hydrogen-bond acceptors (Lipinski definition) is 4. The summed E-state index contributed by atoms with van der Waals surface area (Å²) in [6.45, 7) is 8.51. The van der Waals surface area contributed by atoms with Crippen molar-refractivity contribution in [2.45, 2.75) is 45.1 Å². The van der Waals surface area contributed by atoms with E-state index in [0.29, 0.717) is 0 Å².